The summed E-state index contributed by atoms with van der Waals surface area (Å²) in [7, 11) is 0. The molecule has 2 aromatic carbocycles. The SMILES string of the molecule is O=C(CCN1c2ccccc2Sc2ccccc21)NNC(=O)c1csc(N2CCOCC2)n1. The van der Waals surface area contributed by atoms with Gasteiger partial charge in [0.15, 0.2) is 5.13 Å². The summed E-state index contributed by atoms with van der Waals surface area (Å²) in [6.45, 7) is 3.32. The Kier molecular flexibility index (Phi) is 6.47. The van der Waals surface area contributed by atoms with Crippen molar-refractivity contribution in [2.24, 2.45) is 0 Å². The molecule has 10 heteroatoms. The normalized spacial score (nSPS) is 14.9. The Morgan fingerprint density at radius 1 is 0.970 bits per heavy atom. The van der Waals surface area contributed by atoms with Gasteiger partial charge in [0.2, 0.25) is 5.91 Å². The zero-order valence-corrected chi connectivity index (χ0v) is 19.5. The molecule has 8 nitrogen and oxygen atoms in total. The number of benzene rings is 2. The van der Waals surface area contributed by atoms with E-state index in [9.17, 15) is 9.59 Å². The van der Waals surface area contributed by atoms with Crippen molar-refractivity contribution in [2.75, 3.05) is 42.6 Å². The number of fused-ring (bicyclic) bond motifs is 2. The van der Waals surface area contributed by atoms with Crippen LogP contribution in [0.4, 0.5) is 16.5 Å². The van der Waals surface area contributed by atoms with E-state index in [2.05, 4.69) is 49.9 Å². The number of thiazole rings is 1. The second-order valence-corrected chi connectivity index (χ2v) is 9.48. The van der Waals surface area contributed by atoms with E-state index >= 15 is 0 Å². The number of anilines is 3. The summed E-state index contributed by atoms with van der Waals surface area (Å²) < 4.78 is 5.35. The molecule has 5 rings (SSSR count). The molecule has 0 atom stereocenters. The van der Waals surface area contributed by atoms with Crippen LogP contribution in [0.25, 0.3) is 0 Å². The Morgan fingerprint density at radius 3 is 2.33 bits per heavy atom. The number of carbonyl (C=O) groups excluding carboxylic acids is 2. The summed E-state index contributed by atoms with van der Waals surface area (Å²) in [5.41, 5.74) is 7.45. The third-order valence-corrected chi connectivity index (χ3v) is 7.45. The molecule has 0 spiro atoms. The average Bonchev–Trinajstić information content (AvgIpc) is 3.36. The van der Waals surface area contributed by atoms with Crippen molar-refractivity contribution >= 4 is 51.4 Å². The summed E-state index contributed by atoms with van der Waals surface area (Å²) in [4.78, 5) is 35.9. The van der Waals surface area contributed by atoms with Crippen LogP contribution in [-0.2, 0) is 9.53 Å². The smallest absolute Gasteiger partial charge is 0.289 e. The van der Waals surface area contributed by atoms with E-state index in [1.54, 1.807) is 17.1 Å². The van der Waals surface area contributed by atoms with Crippen molar-refractivity contribution in [1.29, 1.82) is 0 Å². The molecule has 33 heavy (non-hydrogen) atoms. The fourth-order valence-corrected chi connectivity index (χ4v) is 5.71. The maximum absolute atomic E-state index is 12.5. The van der Waals surface area contributed by atoms with Gasteiger partial charge in [-0.2, -0.15) is 0 Å². The lowest BCUT2D eigenvalue weighted by atomic mass is 10.2. The van der Waals surface area contributed by atoms with Gasteiger partial charge in [0.1, 0.15) is 5.69 Å². The van der Waals surface area contributed by atoms with E-state index in [0.717, 1.165) is 39.4 Å². The number of hydrazine groups is 1. The zero-order valence-electron chi connectivity index (χ0n) is 17.8. The molecular weight excluding hydrogens is 458 g/mol. The maximum Gasteiger partial charge on any atom is 0.289 e. The van der Waals surface area contributed by atoms with Gasteiger partial charge in [-0.25, -0.2) is 4.98 Å². The lowest BCUT2D eigenvalue weighted by molar-refractivity contribution is -0.121. The van der Waals surface area contributed by atoms with Gasteiger partial charge >= 0.3 is 0 Å². The minimum atomic E-state index is -0.427. The molecule has 2 aliphatic heterocycles. The number of morpholine rings is 1. The lowest BCUT2D eigenvalue weighted by Crippen LogP contribution is -2.43. The third kappa shape index (κ3) is 4.82. The van der Waals surface area contributed by atoms with Gasteiger partial charge in [-0.1, -0.05) is 36.0 Å². The molecule has 1 fully saturated rings. The summed E-state index contributed by atoms with van der Waals surface area (Å²) in [5, 5.41) is 2.49. The molecule has 0 unspecified atom stereocenters. The van der Waals surface area contributed by atoms with Crippen molar-refractivity contribution < 1.29 is 14.3 Å². The second-order valence-electron chi connectivity index (χ2n) is 7.56. The number of para-hydroxylation sites is 2. The largest absolute Gasteiger partial charge is 0.378 e. The molecule has 0 radical (unpaired) electrons. The minimum Gasteiger partial charge on any atom is -0.378 e. The average molecular weight is 482 g/mol. The van der Waals surface area contributed by atoms with Crippen LogP contribution in [0.2, 0.25) is 0 Å². The summed E-state index contributed by atoms with van der Waals surface area (Å²) >= 11 is 3.14. The number of hydrogen-bond donors (Lipinski definition) is 2. The molecular formula is C23H23N5O3S2. The number of nitrogens with one attached hydrogen (secondary N) is 2. The van der Waals surface area contributed by atoms with E-state index < -0.39 is 5.91 Å². The van der Waals surface area contributed by atoms with Crippen LogP contribution in [0.5, 0.6) is 0 Å². The number of nitrogens with zero attached hydrogens (tertiary/aromatic N) is 3. The topological polar surface area (TPSA) is 86.8 Å². The van der Waals surface area contributed by atoms with E-state index in [0.29, 0.717) is 19.8 Å². The number of hydrogen-bond acceptors (Lipinski definition) is 8. The predicted molar refractivity (Wildman–Crippen MR) is 129 cm³/mol. The highest BCUT2D eigenvalue weighted by molar-refractivity contribution is 7.99. The monoisotopic (exact) mass is 481 g/mol. The van der Waals surface area contributed by atoms with E-state index in [-0.39, 0.29) is 18.0 Å². The highest BCUT2D eigenvalue weighted by Gasteiger charge is 2.23. The molecule has 1 saturated heterocycles. The predicted octanol–water partition coefficient (Wildman–Crippen LogP) is 3.43. The van der Waals surface area contributed by atoms with Gasteiger partial charge in [0.25, 0.3) is 5.91 Å². The zero-order chi connectivity index (χ0) is 22.6. The number of aromatic nitrogens is 1. The number of ether oxygens (including phenoxy) is 1. The molecule has 3 heterocycles. The molecule has 3 aromatic rings. The van der Waals surface area contributed by atoms with Crippen LogP contribution in [0.3, 0.4) is 0 Å². The van der Waals surface area contributed by atoms with Gasteiger partial charge in [0, 0.05) is 41.2 Å². The summed E-state index contributed by atoms with van der Waals surface area (Å²) in [5.74, 6) is -0.690. The Labute approximate surface area is 199 Å². The first kappa shape index (κ1) is 21.7. The summed E-state index contributed by atoms with van der Waals surface area (Å²) in [6.07, 6.45) is 0.226. The Balaban J connectivity index is 1.17. The molecule has 0 aliphatic carbocycles. The first-order valence-corrected chi connectivity index (χ1v) is 12.4. The standard InChI is InChI=1S/C23H23N5O3S2/c29-21(25-26-22(30)16-15-32-23(24-16)27-11-13-31-14-12-27)9-10-28-17-5-1-3-7-19(17)33-20-8-4-2-6-18(20)28/h1-8,15H,9-14H2,(H,25,29)(H,26,30). The van der Waals surface area contributed by atoms with Gasteiger partial charge in [-0.15, -0.1) is 11.3 Å². The molecule has 2 N–H and O–H groups in total. The van der Waals surface area contributed by atoms with Crippen molar-refractivity contribution in [2.45, 2.75) is 16.2 Å². The molecule has 1 aromatic heterocycles. The van der Waals surface area contributed by atoms with Crippen molar-refractivity contribution in [3.05, 3.63) is 59.6 Å². The lowest BCUT2D eigenvalue weighted by Gasteiger charge is -2.32. The molecule has 170 valence electrons. The third-order valence-electron chi connectivity index (χ3n) is 5.42. The Morgan fingerprint density at radius 2 is 1.64 bits per heavy atom. The van der Waals surface area contributed by atoms with E-state index in [1.807, 2.05) is 24.3 Å². The summed E-state index contributed by atoms with van der Waals surface area (Å²) in [6, 6.07) is 16.3. The highest BCUT2D eigenvalue weighted by Crippen LogP contribution is 2.47. The molecule has 0 bridgehead atoms. The quantitative estimate of drug-likeness (QED) is 0.540. The molecule has 2 aliphatic rings. The second kappa shape index (κ2) is 9.82. The van der Waals surface area contributed by atoms with Gasteiger partial charge in [-0.3, -0.25) is 20.4 Å². The van der Waals surface area contributed by atoms with Gasteiger partial charge in [-0.05, 0) is 24.3 Å². The van der Waals surface area contributed by atoms with Crippen molar-refractivity contribution in [3.8, 4) is 0 Å². The van der Waals surface area contributed by atoms with E-state index in [4.69, 9.17) is 4.74 Å². The van der Waals surface area contributed by atoms with Gasteiger partial charge < -0.3 is 14.5 Å². The van der Waals surface area contributed by atoms with Crippen molar-refractivity contribution in [1.82, 2.24) is 15.8 Å². The van der Waals surface area contributed by atoms with Crippen LogP contribution < -0.4 is 20.7 Å². The number of carbonyl (C=O) groups is 2. The van der Waals surface area contributed by atoms with Crippen molar-refractivity contribution in [3.63, 3.8) is 0 Å². The number of amides is 2. The minimum absolute atomic E-state index is 0.226. The van der Waals surface area contributed by atoms with Crippen LogP contribution >= 0.6 is 23.1 Å². The first-order chi connectivity index (χ1) is 16.2. The number of rotatable bonds is 5. The van der Waals surface area contributed by atoms with Crippen LogP contribution in [-0.4, -0.2) is 49.6 Å². The maximum atomic E-state index is 12.5. The first-order valence-electron chi connectivity index (χ1n) is 10.7. The van der Waals surface area contributed by atoms with Crippen LogP contribution in [0.1, 0.15) is 16.9 Å². The Hall–Kier alpha value is -3.08. The molecule has 2 amide bonds. The van der Waals surface area contributed by atoms with Crippen LogP contribution in [0.15, 0.2) is 63.7 Å². The van der Waals surface area contributed by atoms with Gasteiger partial charge in [0.05, 0.1) is 24.6 Å². The molecule has 0 saturated carbocycles. The fraction of sp³-hybridized carbons (Fsp3) is 0.261. The fourth-order valence-electron chi connectivity index (χ4n) is 3.76. The van der Waals surface area contributed by atoms with Crippen LogP contribution in [0, 0.1) is 0 Å². The Bertz CT molecular complexity index is 1120. The highest BCUT2D eigenvalue weighted by atomic mass is 32.2. The van der Waals surface area contributed by atoms with E-state index in [1.165, 1.54) is 11.3 Å².